The van der Waals surface area contributed by atoms with Crippen molar-refractivity contribution in [1.82, 2.24) is 10.6 Å². The largest absolute Gasteiger partial charge is 0.442 e. The lowest BCUT2D eigenvalue weighted by atomic mass is 9.93. The highest BCUT2D eigenvalue weighted by Crippen LogP contribution is 2.29. The van der Waals surface area contributed by atoms with Gasteiger partial charge in [0, 0.05) is 19.0 Å². The Labute approximate surface area is 161 Å². The quantitative estimate of drug-likeness (QED) is 0.655. The summed E-state index contributed by atoms with van der Waals surface area (Å²) in [5.41, 5.74) is 1.37. The summed E-state index contributed by atoms with van der Waals surface area (Å²) in [4.78, 5) is 36.1. The number of ether oxygens (including phenoxy) is 1. The normalized spacial score (nSPS) is 21.9. The molecule has 3 N–H and O–H groups in total. The highest BCUT2D eigenvalue weighted by Gasteiger charge is 2.33. The zero-order chi connectivity index (χ0) is 20.3. The second-order valence-electron chi connectivity index (χ2n) is 6.74. The Balaban J connectivity index is 1.72. The summed E-state index contributed by atoms with van der Waals surface area (Å²) in [6, 6.07) is 3.89. The summed E-state index contributed by atoms with van der Waals surface area (Å²) in [6.45, 7) is 1.60. The Kier molecular flexibility index (Phi) is 6.05. The fourth-order valence-corrected chi connectivity index (χ4v) is 3.29. The number of nitrogens with zero attached hydrogens (tertiary/aromatic N) is 1. The van der Waals surface area contributed by atoms with E-state index in [0.717, 1.165) is 0 Å². The van der Waals surface area contributed by atoms with Gasteiger partial charge in [-0.3, -0.25) is 14.5 Å². The van der Waals surface area contributed by atoms with Gasteiger partial charge < -0.3 is 20.5 Å². The number of halogens is 1. The van der Waals surface area contributed by atoms with Crippen LogP contribution in [-0.2, 0) is 14.3 Å². The summed E-state index contributed by atoms with van der Waals surface area (Å²) in [5, 5.41) is 14.6. The summed E-state index contributed by atoms with van der Waals surface area (Å²) >= 11 is 0. The molecule has 1 saturated heterocycles. The van der Waals surface area contributed by atoms with E-state index in [1.54, 1.807) is 18.2 Å². The molecule has 2 atom stereocenters. The van der Waals surface area contributed by atoms with E-state index in [0.29, 0.717) is 23.4 Å². The lowest BCUT2D eigenvalue weighted by Crippen LogP contribution is -2.41. The number of amides is 2. The third-order valence-corrected chi connectivity index (χ3v) is 4.74. The number of cyclic esters (lactones) is 1. The van der Waals surface area contributed by atoms with E-state index >= 15 is 0 Å². The van der Waals surface area contributed by atoms with Gasteiger partial charge in [-0.15, -0.1) is 0 Å². The highest BCUT2D eigenvalue weighted by molar-refractivity contribution is 5.91. The lowest BCUT2D eigenvalue weighted by molar-refractivity contribution is -0.123. The minimum absolute atomic E-state index is 0.193. The molecule has 1 fully saturated rings. The van der Waals surface area contributed by atoms with Gasteiger partial charge >= 0.3 is 6.09 Å². The van der Waals surface area contributed by atoms with Crippen molar-refractivity contribution in [3.63, 3.8) is 0 Å². The number of rotatable bonds is 6. The maximum atomic E-state index is 14.7. The van der Waals surface area contributed by atoms with Gasteiger partial charge in [-0.1, -0.05) is 6.08 Å². The number of ketones is 1. The van der Waals surface area contributed by atoms with Gasteiger partial charge in [0.2, 0.25) is 5.91 Å². The molecule has 0 spiro atoms. The molecule has 2 aliphatic rings. The van der Waals surface area contributed by atoms with Crippen LogP contribution < -0.4 is 15.5 Å². The number of anilines is 1. The van der Waals surface area contributed by atoms with Crippen LogP contribution in [0, 0.1) is 5.82 Å². The third kappa shape index (κ3) is 4.37. The molecule has 2 amide bonds. The molecule has 2 heterocycles. The minimum atomic E-state index is -0.600. The van der Waals surface area contributed by atoms with Gasteiger partial charge in [0.05, 0.1) is 24.8 Å². The molecule has 0 aliphatic carbocycles. The first-order valence-electron chi connectivity index (χ1n) is 8.97. The van der Waals surface area contributed by atoms with E-state index < -0.39 is 30.7 Å². The van der Waals surface area contributed by atoms with Crippen LogP contribution >= 0.6 is 0 Å². The van der Waals surface area contributed by atoms with Gasteiger partial charge in [-0.2, -0.15) is 0 Å². The number of benzene rings is 1. The standard InChI is InChI=1S/C19H22FN3O5/c1-11(25)22-8-14-9-23(19(27)28-14)13-2-3-15(16(20)7-13)12-4-5-21-17(6-12)18(26)10-24/h2-4,7,14,17,21,24H,5-6,8-10H2,1H3,(H,22,25)/t14-,17?/m0/s1. The molecule has 28 heavy (non-hydrogen) atoms. The second kappa shape index (κ2) is 8.49. The van der Waals surface area contributed by atoms with Crippen LogP contribution in [0.15, 0.2) is 24.3 Å². The number of aliphatic hydroxyl groups is 1. The zero-order valence-corrected chi connectivity index (χ0v) is 15.4. The molecule has 8 nitrogen and oxygen atoms in total. The molecule has 0 radical (unpaired) electrons. The first-order valence-corrected chi connectivity index (χ1v) is 8.97. The number of hydrogen-bond acceptors (Lipinski definition) is 6. The number of aliphatic hydroxyl groups excluding tert-OH is 1. The molecule has 3 rings (SSSR count). The summed E-state index contributed by atoms with van der Waals surface area (Å²) in [5.74, 6) is -1.08. The van der Waals surface area contributed by atoms with E-state index in [-0.39, 0.29) is 31.2 Å². The predicted molar refractivity (Wildman–Crippen MR) is 99.2 cm³/mol. The van der Waals surface area contributed by atoms with Gasteiger partial charge in [0.1, 0.15) is 18.5 Å². The van der Waals surface area contributed by atoms with Crippen LogP contribution in [0.25, 0.3) is 5.57 Å². The molecule has 1 unspecified atom stereocenters. The number of carbonyl (C=O) groups is 3. The monoisotopic (exact) mass is 391 g/mol. The topological polar surface area (TPSA) is 108 Å². The van der Waals surface area contributed by atoms with Crippen LogP contribution in [0.4, 0.5) is 14.9 Å². The van der Waals surface area contributed by atoms with Gasteiger partial charge in [0.25, 0.3) is 0 Å². The molecule has 9 heteroatoms. The Morgan fingerprint density at radius 2 is 2.21 bits per heavy atom. The average molecular weight is 391 g/mol. The number of Topliss-reactive ketones (excluding diaryl/α,β-unsaturated/α-hetero) is 1. The maximum absolute atomic E-state index is 14.7. The van der Waals surface area contributed by atoms with Crippen LogP contribution in [-0.4, -0.2) is 61.3 Å². The maximum Gasteiger partial charge on any atom is 0.414 e. The van der Waals surface area contributed by atoms with Crippen molar-refractivity contribution in [1.29, 1.82) is 0 Å². The smallest absolute Gasteiger partial charge is 0.414 e. The Bertz CT molecular complexity index is 826. The molecule has 1 aromatic carbocycles. The van der Waals surface area contributed by atoms with E-state index in [1.165, 1.54) is 17.9 Å². The van der Waals surface area contributed by atoms with Crippen molar-refractivity contribution in [3.8, 4) is 0 Å². The summed E-state index contributed by atoms with van der Waals surface area (Å²) < 4.78 is 19.9. The Hall–Kier alpha value is -2.78. The fourth-order valence-electron chi connectivity index (χ4n) is 3.29. The van der Waals surface area contributed by atoms with Crippen molar-refractivity contribution in [2.75, 3.05) is 31.1 Å². The van der Waals surface area contributed by atoms with Crippen LogP contribution in [0.5, 0.6) is 0 Å². The van der Waals surface area contributed by atoms with Crippen LogP contribution in [0.2, 0.25) is 0 Å². The minimum Gasteiger partial charge on any atom is -0.442 e. The SMILES string of the molecule is CC(=O)NC[C@H]1CN(c2ccc(C3=CCNC(C(=O)CO)C3)c(F)c2)C(=O)O1. The van der Waals surface area contributed by atoms with E-state index in [2.05, 4.69) is 10.6 Å². The Morgan fingerprint density at radius 1 is 1.43 bits per heavy atom. The fraction of sp³-hybridized carbons (Fsp3) is 0.421. The third-order valence-electron chi connectivity index (χ3n) is 4.74. The number of carbonyl (C=O) groups excluding carboxylic acids is 3. The van der Waals surface area contributed by atoms with Crippen molar-refractivity contribution >= 4 is 29.0 Å². The molecular formula is C19H22FN3O5. The van der Waals surface area contributed by atoms with Crippen molar-refractivity contribution < 1.29 is 28.6 Å². The van der Waals surface area contributed by atoms with E-state index in [4.69, 9.17) is 9.84 Å². The molecule has 150 valence electrons. The Morgan fingerprint density at radius 3 is 2.89 bits per heavy atom. The first kappa shape index (κ1) is 20.0. The van der Waals surface area contributed by atoms with Crippen molar-refractivity contribution in [2.24, 2.45) is 0 Å². The second-order valence-corrected chi connectivity index (χ2v) is 6.74. The van der Waals surface area contributed by atoms with Crippen LogP contribution in [0.3, 0.4) is 0 Å². The first-order chi connectivity index (χ1) is 13.4. The molecule has 0 aromatic heterocycles. The summed E-state index contributed by atoms with van der Waals surface area (Å²) in [6.07, 6.45) is 0.973. The van der Waals surface area contributed by atoms with Crippen molar-refractivity contribution in [2.45, 2.75) is 25.5 Å². The predicted octanol–water partition coefficient (Wildman–Crippen LogP) is 0.594. The molecule has 0 saturated carbocycles. The molecular weight excluding hydrogens is 369 g/mol. The lowest BCUT2D eigenvalue weighted by Gasteiger charge is -2.23. The van der Waals surface area contributed by atoms with E-state index in [9.17, 15) is 18.8 Å². The van der Waals surface area contributed by atoms with E-state index in [1.807, 2.05) is 0 Å². The van der Waals surface area contributed by atoms with Gasteiger partial charge in [0.15, 0.2) is 5.78 Å². The average Bonchev–Trinajstić information content (AvgIpc) is 3.06. The summed E-state index contributed by atoms with van der Waals surface area (Å²) in [7, 11) is 0. The number of nitrogens with one attached hydrogen (secondary N) is 2. The molecule has 0 bridgehead atoms. The highest BCUT2D eigenvalue weighted by atomic mass is 19.1. The molecule has 2 aliphatic heterocycles. The van der Waals surface area contributed by atoms with Crippen molar-refractivity contribution in [3.05, 3.63) is 35.7 Å². The van der Waals surface area contributed by atoms with Gasteiger partial charge in [-0.05, 0) is 30.2 Å². The van der Waals surface area contributed by atoms with Gasteiger partial charge in [-0.25, -0.2) is 9.18 Å². The zero-order valence-electron chi connectivity index (χ0n) is 15.4. The van der Waals surface area contributed by atoms with Crippen LogP contribution in [0.1, 0.15) is 18.9 Å². The number of hydrogen-bond donors (Lipinski definition) is 3. The molecule has 1 aromatic rings.